The summed E-state index contributed by atoms with van der Waals surface area (Å²) in [5.41, 5.74) is 0.444. The van der Waals surface area contributed by atoms with Gasteiger partial charge in [-0.2, -0.15) is 0 Å². The third-order valence-electron chi connectivity index (χ3n) is 5.34. The SMILES string of the molecule is Cc1ccc([N+](=O)[O-])cc1NC(=O)CN1C(=O)N[C@@]2(CCCc3sccc32)C1=O. The van der Waals surface area contributed by atoms with Gasteiger partial charge >= 0.3 is 6.03 Å². The van der Waals surface area contributed by atoms with Gasteiger partial charge in [-0.3, -0.25) is 24.6 Å². The standard InChI is InChI=1S/C19H18N4O5S/c1-11-4-5-12(23(27)28)9-14(11)20-16(24)10-22-17(25)19(21-18(22)26)7-2-3-15-13(19)6-8-29-15/h4-6,8-9H,2-3,7,10H2,1H3,(H,20,24)(H,21,26)/t19-/m1/s1. The summed E-state index contributed by atoms with van der Waals surface area (Å²) in [6.45, 7) is 1.23. The monoisotopic (exact) mass is 414 g/mol. The van der Waals surface area contributed by atoms with Crippen molar-refractivity contribution in [2.24, 2.45) is 0 Å². The molecule has 10 heteroatoms. The molecule has 0 unspecified atom stereocenters. The fraction of sp³-hybridized carbons (Fsp3) is 0.316. The highest BCUT2D eigenvalue weighted by Crippen LogP contribution is 2.42. The maximum atomic E-state index is 13.1. The van der Waals surface area contributed by atoms with Crippen LogP contribution in [0.15, 0.2) is 29.6 Å². The summed E-state index contributed by atoms with van der Waals surface area (Å²) in [5.74, 6) is -1.04. The number of thiophene rings is 1. The highest BCUT2D eigenvalue weighted by atomic mass is 32.1. The van der Waals surface area contributed by atoms with E-state index in [9.17, 15) is 24.5 Å². The molecule has 1 fully saturated rings. The van der Waals surface area contributed by atoms with Crippen molar-refractivity contribution in [3.8, 4) is 0 Å². The van der Waals surface area contributed by atoms with E-state index in [4.69, 9.17) is 0 Å². The molecule has 29 heavy (non-hydrogen) atoms. The number of carbonyl (C=O) groups is 3. The average molecular weight is 414 g/mol. The molecular weight excluding hydrogens is 396 g/mol. The lowest BCUT2D eigenvalue weighted by molar-refractivity contribution is -0.384. The van der Waals surface area contributed by atoms with Gasteiger partial charge in [-0.1, -0.05) is 6.07 Å². The van der Waals surface area contributed by atoms with Crippen molar-refractivity contribution in [2.45, 2.75) is 31.7 Å². The first kappa shape index (κ1) is 19.1. The predicted molar refractivity (Wildman–Crippen MR) is 106 cm³/mol. The van der Waals surface area contributed by atoms with Gasteiger partial charge in [0.05, 0.1) is 10.6 Å². The summed E-state index contributed by atoms with van der Waals surface area (Å²) < 4.78 is 0. The number of amides is 4. The second-order valence-electron chi connectivity index (χ2n) is 7.14. The first-order valence-corrected chi connectivity index (χ1v) is 9.95. The zero-order valence-corrected chi connectivity index (χ0v) is 16.4. The van der Waals surface area contributed by atoms with Crippen LogP contribution >= 0.6 is 11.3 Å². The van der Waals surface area contributed by atoms with Crippen LogP contribution in [-0.4, -0.2) is 34.2 Å². The van der Waals surface area contributed by atoms with Crippen LogP contribution in [0.25, 0.3) is 0 Å². The lowest BCUT2D eigenvalue weighted by Gasteiger charge is -2.31. The number of non-ortho nitro benzene ring substituents is 1. The average Bonchev–Trinajstić information content (AvgIpc) is 3.24. The Balaban J connectivity index is 1.53. The highest BCUT2D eigenvalue weighted by molar-refractivity contribution is 7.10. The number of nitrogens with one attached hydrogen (secondary N) is 2. The van der Waals surface area contributed by atoms with Crippen molar-refractivity contribution >= 4 is 40.6 Å². The van der Waals surface area contributed by atoms with E-state index in [0.29, 0.717) is 12.0 Å². The van der Waals surface area contributed by atoms with Crippen LogP contribution in [0.5, 0.6) is 0 Å². The fourth-order valence-corrected chi connectivity index (χ4v) is 4.88. The molecule has 150 valence electrons. The lowest BCUT2D eigenvalue weighted by atomic mass is 9.80. The Labute approximate surface area is 169 Å². The van der Waals surface area contributed by atoms with Crippen LogP contribution in [0.3, 0.4) is 0 Å². The first-order valence-electron chi connectivity index (χ1n) is 9.08. The number of imide groups is 1. The Morgan fingerprint density at radius 2 is 2.17 bits per heavy atom. The van der Waals surface area contributed by atoms with Crippen LogP contribution in [-0.2, 0) is 21.5 Å². The molecule has 0 bridgehead atoms. The second kappa shape index (κ2) is 6.96. The van der Waals surface area contributed by atoms with Gasteiger partial charge in [0.2, 0.25) is 5.91 Å². The molecule has 0 saturated carbocycles. The Morgan fingerprint density at radius 1 is 1.38 bits per heavy atom. The number of nitro benzene ring substituents is 1. The maximum absolute atomic E-state index is 13.1. The molecule has 1 aromatic heterocycles. The molecule has 1 atom stereocenters. The van der Waals surface area contributed by atoms with Crippen molar-refractivity contribution < 1.29 is 19.3 Å². The van der Waals surface area contributed by atoms with Crippen LogP contribution in [0.2, 0.25) is 0 Å². The van der Waals surface area contributed by atoms with E-state index < -0.39 is 34.9 Å². The van der Waals surface area contributed by atoms with E-state index in [-0.39, 0.29) is 11.4 Å². The maximum Gasteiger partial charge on any atom is 0.325 e. The van der Waals surface area contributed by atoms with Gasteiger partial charge in [0.25, 0.3) is 11.6 Å². The van der Waals surface area contributed by atoms with Gasteiger partial charge < -0.3 is 10.6 Å². The summed E-state index contributed by atoms with van der Waals surface area (Å²) in [6.07, 6.45) is 2.13. The van der Waals surface area contributed by atoms with Crippen LogP contribution < -0.4 is 10.6 Å². The number of urea groups is 1. The topological polar surface area (TPSA) is 122 Å². The number of nitrogens with zero attached hydrogens (tertiary/aromatic N) is 2. The van der Waals surface area contributed by atoms with E-state index in [2.05, 4.69) is 10.6 Å². The smallest absolute Gasteiger partial charge is 0.324 e. The van der Waals surface area contributed by atoms with Gasteiger partial charge in [0.15, 0.2) is 0 Å². The zero-order chi connectivity index (χ0) is 20.8. The highest BCUT2D eigenvalue weighted by Gasteiger charge is 2.54. The molecule has 2 aromatic rings. The normalized spacial score (nSPS) is 20.5. The van der Waals surface area contributed by atoms with Crippen LogP contribution in [0.4, 0.5) is 16.2 Å². The molecule has 1 aliphatic heterocycles. The number of carbonyl (C=O) groups excluding carboxylic acids is 3. The molecule has 0 radical (unpaired) electrons. The minimum atomic E-state index is -1.10. The zero-order valence-electron chi connectivity index (χ0n) is 15.6. The summed E-state index contributed by atoms with van der Waals surface area (Å²) in [4.78, 5) is 50.5. The first-order chi connectivity index (χ1) is 13.8. The van der Waals surface area contributed by atoms with Crippen molar-refractivity contribution in [1.82, 2.24) is 10.2 Å². The summed E-state index contributed by atoms with van der Waals surface area (Å²) in [5, 5.41) is 18.2. The minimum absolute atomic E-state index is 0.160. The third-order valence-corrected chi connectivity index (χ3v) is 6.33. The third kappa shape index (κ3) is 3.15. The van der Waals surface area contributed by atoms with E-state index in [1.807, 2.05) is 11.4 Å². The molecule has 1 saturated heterocycles. The largest absolute Gasteiger partial charge is 0.325 e. The van der Waals surface area contributed by atoms with Gasteiger partial charge in [0.1, 0.15) is 12.1 Å². The van der Waals surface area contributed by atoms with E-state index >= 15 is 0 Å². The van der Waals surface area contributed by atoms with Crippen LogP contribution in [0, 0.1) is 17.0 Å². The van der Waals surface area contributed by atoms with Crippen molar-refractivity contribution in [1.29, 1.82) is 0 Å². The van der Waals surface area contributed by atoms with E-state index in [1.165, 1.54) is 18.2 Å². The predicted octanol–water partition coefficient (Wildman–Crippen LogP) is 2.69. The van der Waals surface area contributed by atoms with Crippen molar-refractivity contribution in [3.05, 3.63) is 55.8 Å². The second-order valence-corrected chi connectivity index (χ2v) is 8.14. The summed E-state index contributed by atoms with van der Waals surface area (Å²) in [7, 11) is 0. The van der Waals surface area contributed by atoms with Crippen molar-refractivity contribution in [3.63, 3.8) is 0 Å². The Bertz CT molecular complexity index is 1050. The van der Waals surface area contributed by atoms with Gasteiger partial charge in [-0.15, -0.1) is 11.3 Å². The number of aryl methyl sites for hydroxylation is 2. The summed E-state index contributed by atoms with van der Waals surface area (Å²) in [6, 6.07) is 5.36. The van der Waals surface area contributed by atoms with Gasteiger partial charge in [-0.05, 0) is 43.2 Å². The fourth-order valence-electron chi connectivity index (χ4n) is 3.88. The van der Waals surface area contributed by atoms with E-state index in [0.717, 1.165) is 28.2 Å². The number of hydrogen-bond donors (Lipinski definition) is 2. The quantitative estimate of drug-likeness (QED) is 0.453. The molecule has 2 heterocycles. The molecule has 4 rings (SSSR count). The Hall–Kier alpha value is -3.27. The lowest BCUT2D eigenvalue weighted by Crippen LogP contribution is -2.46. The van der Waals surface area contributed by atoms with Gasteiger partial charge in [0, 0.05) is 22.6 Å². The molecule has 2 N–H and O–H groups in total. The molecule has 9 nitrogen and oxygen atoms in total. The molecule has 1 spiro atoms. The number of anilines is 1. The number of nitro groups is 1. The van der Waals surface area contributed by atoms with E-state index in [1.54, 1.807) is 18.3 Å². The Kier molecular flexibility index (Phi) is 4.58. The summed E-state index contributed by atoms with van der Waals surface area (Å²) >= 11 is 1.56. The molecule has 4 amide bonds. The molecule has 1 aromatic carbocycles. The molecule has 1 aliphatic carbocycles. The number of rotatable bonds is 4. The number of benzene rings is 1. The molecule has 2 aliphatic rings. The van der Waals surface area contributed by atoms with Crippen LogP contribution in [0.1, 0.15) is 28.8 Å². The molecular formula is C19H18N4O5S. The number of fused-ring (bicyclic) bond motifs is 2. The van der Waals surface area contributed by atoms with Crippen molar-refractivity contribution in [2.75, 3.05) is 11.9 Å². The minimum Gasteiger partial charge on any atom is -0.324 e. The Morgan fingerprint density at radius 3 is 2.93 bits per heavy atom. The number of hydrogen-bond acceptors (Lipinski definition) is 6. The van der Waals surface area contributed by atoms with Gasteiger partial charge in [-0.25, -0.2) is 4.79 Å².